The van der Waals surface area contributed by atoms with Crippen molar-refractivity contribution in [1.82, 2.24) is 0 Å². The van der Waals surface area contributed by atoms with Crippen LogP contribution in [-0.4, -0.2) is 29.7 Å². The van der Waals surface area contributed by atoms with E-state index >= 15 is 0 Å². The number of nitrogens with zero attached hydrogens (tertiary/aromatic N) is 1. The zero-order valence-corrected chi connectivity index (χ0v) is 10.0. The van der Waals surface area contributed by atoms with E-state index < -0.39 is 16.8 Å². The summed E-state index contributed by atoms with van der Waals surface area (Å²) >= 11 is 0. The monoisotopic (exact) mass is 254 g/mol. The summed E-state index contributed by atoms with van der Waals surface area (Å²) in [7, 11) is 1.45. The molecule has 0 bridgehead atoms. The van der Waals surface area contributed by atoms with Crippen molar-refractivity contribution in [3.05, 3.63) is 28.3 Å². The average Bonchev–Trinajstić information content (AvgIpc) is 2.34. The molecule has 1 atom stereocenters. The summed E-state index contributed by atoms with van der Waals surface area (Å²) in [5.74, 6) is -1.14. The molecule has 0 radical (unpaired) electrons. The lowest BCUT2D eigenvalue weighted by Gasteiger charge is -2.11. The number of carbonyl (C=O) groups is 1. The number of rotatable bonds is 6. The van der Waals surface area contributed by atoms with E-state index in [1.165, 1.54) is 32.2 Å². The molecule has 0 aromatic heterocycles. The number of nitro benzene ring substituents is 1. The van der Waals surface area contributed by atoms with Crippen molar-refractivity contribution in [3.8, 4) is 5.75 Å². The lowest BCUT2D eigenvalue weighted by atomic mass is 10.1. The molecule has 1 unspecified atom stereocenters. The number of carboxylic acid groups (broad SMARTS) is 1. The molecule has 0 fully saturated rings. The molecule has 0 heterocycles. The summed E-state index contributed by atoms with van der Waals surface area (Å²) in [6.07, 6.45) is 0. The molecule has 2 N–H and O–H groups in total. The van der Waals surface area contributed by atoms with Gasteiger partial charge in [-0.05, 0) is 6.07 Å². The van der Waals surface area contributed by atoms with Crippen molar-refractivity contribution in [2.75, 3.05) is 19.0 Å². The van der Waals surface area contributed by atoms with Crippen molar-refractivity contribution < 1.29 is 19.6 Å². The molecule has 7 heteroatoms. The molecule has 1 aromatic rings. The molecular formula is C11H14N2O5. The van der Waals surface area contributed by atoms with Crippen LogP contribution in [-0.2, 0) is 4.79 Å². The van der Waals surface area contributed by atoms with Crippen LogP contribution in [0.4, 0.5) is 11.4 Å². The van der Waals surface area contributed by atoms with Gasteiger partial charge in [0, 0.05) is 18.7 Å². The van der Waals surface area contributed by atoms with E-state index in [9.17, 15) is 14.9 Å². The Bertz CT molecular complexity index is 461. The summed E-state index contributed by atoms with van der Waals surface area (Å²) in [4.78, 5) is 20.9. The molecule has 98 valence electrons. The van der Waals surface area contributed by atoms with Gasteiger partial charge >= 0.3 is 5.97 Å². The number of carboxylic acids is 1. The number of methoxy groups -OCH3 is 1. The van der Waals surface area contributed by atoms with E-state index in [2.05, 4.69) is 5.32 Å². The largest absolute Gasteiger partial charge is 0.497 e. The van der Waals surface area contributed by atoms with E-state index in [1.54, 1.807) is 0 Å². The zero-order valence-electron chi connectivity index (χ0n) is 10.0. The van der Waals surface area contributed by atoms with Crippen molar-refractivity contribution >= 4 is 17.3 Å². The van der Waals surface area contributed by atoms with Crippen LogP contribution >= 0.6 is 0 Å². The van der Waals surface area contributed by atoms with Gasteiger partial charge in [-0.15, -0.1) is 0 Å². The average molecular weight is 254 g/mol. The second-order valence-corrected chi connectivity index (χ2v) is 3.76. The normalized spacial score (nSPS) is 11.7. The number of nitro groups is 1. The van der Waals surface area contributed by atoms with Gasteiger partial charge in [0.1, 0.15) is 11.4 Å². The van der Waals surface area contributed by atoms with Gasteiger partial charge in [-0.25, -0.2) is 0 Å². The number of benzene rings is 1. The Labute approximate surface area is 104 Å². The Morgan fingerprint density at radius 1 is 1.61 bits per heavy atom. The molecule has 1 rings (SSSR count). The van der Waals surface area contributed by atoms with E-state index in [0.717, 1.165) is 0 Å². The fourth-order valence-corrected chi connectivity index (χ4v) is 1.29. The minimum atomic E-state index is -0.965. The molecule has 0 spiro atoms. The fraction of sp³-hybridized carbons (Fsp3) is 0.364. The molecular weight excluding hydrogens is 240 g/mol. The quantitative estimate of drug-likeness (QED) is 0.592. The van der Waals surface area contributed by atoms with Gasteiger partial charge in [0.2, 0.25) is 0 Å². The smallest absolute Gasteiger partial charge is 0.308 e. The Hall–Kier alpha value is -2.31. The van der Waals surface area contributed by atoms with Gasteiger partial charge in [-0.1, -0.05) is 6.92 Å². The van der Waals surface area contributed by atoms with E-state index in [4.69, 9.17) is 9.84 Å². The SMILES string of the molecule is COc1ccc([N+](=O)[O-])c(NCC(C)C(=O)O)c1. The third-order valence-electron chi connectivity index (χ3n) is 2.42. The van der Waals surface area contributed by atoms with E-state index in [-0.39, 0.29) is 17.9 Å². The molecule has 0 saturated carbocycles. The first-order valence-electron chi connectivity index (χ1n) is 5.24. The third kappa shape index (κ3) is 3.34. The van der Waals surface area contributed by atoms with Gasteiger partial charge in [0.05, 0.1) is 18.0 Å². The summed E-state index contributed by atoms with van der Waals surface area (Å²) in [6.45, 7) is 1.62. The lowest BCUT2D eigenvalue weighted by Crippen LogP contribution is -2.20. The lowest BCUT2D eigenvalue weighted by molar-refractivity contribution is -0.384. The highest BCUT2D eigenvalue weighted by atomic mass is 16.6. The molecule has 1 aromatic carbocycles. The number of nitrogens with one attached hydrogen (secondary N) is 1. The fourth-order valence-electron chi connectivity index (χ4n) is 1.29. The highest BCUT2D eigenvalue weighted by Crippen LogP contribution is 2.28. The maximum atomic E-state index is 10.8. The highest BCUT2D eigenvalue weighted by Gasteiger charge is 2.17. The second-order valence-electron chi connectivity index (χ2n) is 3.76. The van der Waals surface area contributed by atoms with Crippen LogP contribution < -0.4 is 10.1 Å². The minimum absolute atomic E-state index is 0.101. The van der Waals surface area contributed by atoms with Crippen molar-refractivity contribution in [2.24, 2.45) is 5.92 Å². The first-order valence-corrected chi connectivity index (χ1v) is 5.24. The predicted molar refractivity (Wildman–Crippen MR) is 64.9 cm³/mol. The molecule has 0 saturated heterocycles. The van der Waals surface area contributed by atoms with Gasteiger partial charge in [-0.3, -0.25) is 14.9 Å². The van der Waals surface area contributed by atoms with E-state index in [0.29, 0.717) is 5.75 Å². The van der Waals surface area contributed by atoms with Gasteiger partial charge < -0.3 is 15.2 Å². The zero-order chi connectivity index (χ0) is 13.7. The highest BCUT2D eigenvalue weighted by molar-refractivity contribution is 5.71. The number of hydrogen-bond donors (Lipinski definition) is 2. The molecule has 0 amide bonds. The summed E-state index contributed by atoms with van der Waals surface area (Å²) < 4.78 is 4.96. The molecule has 0 aliphatic carbocycles. The van der Waals surface area contributed by atoms with Crippen LogP contribution in [0, 0.1) is 16.0 Å². The number of aliphatic carboxylic acids is 1. The Morgan fingerprint density at radius 2 is 2.28 bits per heavy atom. The van der Waals surface area contributed by atoms with Crippen LogP contribution in [0.1, 0.15) is 6.92 Å². The van der Waals surface area contributed by atoms with Crippen molar-refractivity contribution in [1.29, 1.82) is 0 Å². The standard InChI is InChI=1S/C11H14N2O5/c1-7(11(14)15)6-12-9-5-8(18-2)3-4-10(9)13(16)17/h3-5,7,12H,6H2,1-2H3,(H,14,15). The number of anilines is 1. The molecule has 0 aliphatic heterocycles. The van der Waals surface area contributed by atoms with Crippen LogP contribution in [0.3, 0.4) is 0 Å². The Morgan fingerprint density at radius 3 is 2.78 bits per heavy atom. The Balaban J connectivity index is 2.90. The summed E-state index contributed by atoms with van der Waals surface area (Å²) in [5.41, 5.74) is 0.126. The maximum Gasteiger partial charge on any atom is 0.308 e. The van der Waals surface area contributed by atoms with Crippen LogP contribution in [0.25, 0.3) is 0 Å². The van der Waals surface area contributed by atoms with Crippen molar-refractivity contribution in [2.45, 2.75) is 6.92 Å². The maximum absolute atomic E-state index is 10.8. The van der Waals surface area contributed by atoms with Crippen LogP contribution in [0.2, 0.25) is 0 Å². The first kappa shape index (κ1) is 13.8. The molecule has 0 aliphatic rings. The second kappa shape index (κ2) is 5.85. The molecule has 7 nitrogen and oxygen atoms in total. The first-order chi connectivity index (χ1) is 8.45. The minimum Gasteiger partial charge on any atom is -0.497 e. The van der Waals surface area contributed by atoms with Gasteiger partial charge in [0.25, 0.3) is 5.69 Å². The van der Waals surface area contributed by atoms with Crippen molar-refractivity contribution in [3.63, 3.8) is 0 Å². The predicted octanol–water partition coefficient (Wildman–Crippen LogP) is 1.74. The molecule has 18 heavy (non-hydrogen) atoms. The topological polar surface area (TPSA) is 102 Å². The summed E-state index contributed by atoms with van der Waals surface area (Å²) in [5, 5.41) is 22.3. The van der Waals surface area contributed by atoms with Gasteiger partial charge in [0.15, 0.2) is 0 Å². The summed E-state index contributed by atoms with van der Waals surface area (Å²) in [6, 6.07) is 4.25. The number of hydrogen-bond acceptors (Lipinski definition) is 5. The van der Waals surface area contributed by atoms with Gasteiger partial charge in [-0.2, -0.15) is 0 Å². The number of ether oxygens (including phenoxy) is 1. The van der Waals surface area contributed by atoms with Crippen LogP contribution in [0.5, 0.6) is 5.75 Å². The third-order valence-corrected chi connectivity index (χ3v) is 2.42. The van der Waals surface area contributed by atoms with E-state index in [1.807, 2.05) is 0 Å². The Kier molecular flexibility index (Phi) is 4.47. The van der Waals surface area contributed by atoms with Crippen LogP contribution in [0.15, 0.2) is 18.2 Å².